The number of aromatic nitrogens is 2. The van der Waals surface area contributed by atoms with E-state index in [-0.39, 0.29) is 5.69 Å². The number of rotatable bonds is 9. The number of hydrogen-bond acceptors (Lipinski definition) is 8. The second-order valence-electron chi connectivity index (χ2n) is 6.14. The van der Waals surface area contributed by atoms with Crippen LogP contribution in [0, 0.1) is 0 Å². The number of sulfonamides is 1. The number of hydrogen-bond donors (Lipinski definition) is 1. The molecule has 0 radical (unpaired) electrons. The molecule has 0 saturated carbocycles. The molecule has 8 nitrogen and oxygen atoms in total. The fourth-order valence-electron chi connectivity index (χ4n) is 2.54. The first-order valence-corrected chi connectivity index (χ1v) is 12.4. The van der Waals surface area contributed by atoms with E-state index in [1.807, 2.05) is 30.3 Å². The third-order valence-electron chi connectivity index (χ3n) is 3.90. The lowest BCUT2D eigenvalue weighted by Gasteiger charge is -2.23. The van der Waals surface area contributed by atoms with Gasteiger partial charge in [-0.2, -0.15) is 0 Å². The zero-order valence-electron chi connectivity index (χ0n) is 16.3. The van der Waals surface area contributed by atoms with Crippen LogP contribution < -0.4 is 14.4 Å². The molecule has 0 spiro atoms. The molecule has 1 heterocycles. The Labute approximate surface area is 183 Å². The summed E-state index contributed by atoms with van der Waals surface area (Å²) in [4.78, 5) is 12.5. The highest BCUT2D eigenvalue weighted by Crippen LogP contribution is 2.30. The van der Waals surface area contributed by atoms with Gasteiger partial charge in [0.25, 0.3) is 0 Å². The standard InChI is InChI=1S/C19H20N4O4S3/c1-27-16-11-7-6-10-15(16)23(30(2,25)26)12-17(24)20-18-21-22-19(29-18)28-13-14-8-4-3-5-9-14/h3-11H,12-13H2,1-2H3,(H,20,21,24). The average Bonchev–Trinajstić information content (AvgIpc) is 3.17. The highest BCUT2D eigenvalue weighted by Gasteiger charge is 2.24. The van der Waals surface area contributed by atoms with Gasteiger partial charge in [-0.1, -0.05) is 65.6 Å². The predicted octanol–water partition coefficient (Wildman–Crippen LogP) is 3.24. The lowest BCUT2D eigenvalue weighted by Crippen LogP contribution is -2.37. The molecule has 158 valence electrons. The number of nitrogens with zero attached hydrogens (tertiary/aromatic N) is 3. The van der Waals surface area contributed by atoms with Gasteiger partial charge in [0.05, 0.1) is 19.1 Å². The summed E-state index contributed by atoms with van der Waals surface area (Å²) in [5.41, 5.74) is 1.44. The van der Waals surface area contributed by atoms with Crippen LogP contribution in [0.5, 0.6) is 5.75 Å². The van der Waals surface area contributed by atoms with Crippen LogP contribution in [0.2, 0.25) is 0 Å². The van der Waals surface area contributed by atoms with Crippen molar-refractivity contribution in [1.82, 2.24) is 10.2 Å². The summed E-state index contributed by atoms with van der Waals surface area (Å²) in [5.74, 6) is 0.562. The zero-order chi connectivity index (χ0) is 21.6. The van der Waals surface area contributed by atoms with Gasteiger partial charge in [0.1, 0.15) is 12.3 Å². The third-order valence-corrected chi connectivity index (χ3v) is 7.07. The number of carbonyl (C=O) groups excluding carboxylic acids is 1. The van der Waals surface area contributed by atoms with Crippen LogP contribution in [0.25, 0.3) is 0 Å². The van der Waals surface area contributed by atoms with Gasteiger partial charge in [-0.3, -0.25) is 14.4 Å². The average molecular weight is 465 g/mol. The summed E-state index contributed by atoms with van der Waals surface area (Å²) >= 11 is 2.75. The third kappa shape index (κ3) is 5.94. The molecule has 30 heavy (non-hydrogen) atoms. The van der Waals surface area contributed by atoms with Crippen molar-refractivity contribution >= 4 is 49.8 Å². The Morgan fingerprint density at radius 3 is 2.53 bits per heavy atom. The summed E-state index contributed by atoms with van der Waals surface area (Å²) in [7, 11) is -2.28. The molecule has 1 amide bonds. The molecule has 0 aliphatic heterocycles. The molecule has 3 rings (SSSR count). The van der Waals surface area contributed by atoms with Gasteiger partial charge in [-0.15, -0.1) is 10.2 Å². The minimum absolute atomic E-state index is 0.286. The zero-order valence-corrected chi connectivity index (χ0v) is 18.8. The Bertz CT molecular complexity index is 1100. The Balaban J connectivity index is 1.65. The largest absolute Gasteiger partial charge is 0.495 e. The van der Waals surface area contributed by atoms with Crippen LogP contribution in [0.4, 0.5) is 10.8 Å². The second-order valence-corrected chi connectivity index (χ2v) is 10.2. The van der Waals surface area contributed by atoms with Gasteiger partial charge in [0.2, 0.25) is 21.1 Å². The maximum Gasteiger partial charge on any atom is 0.246 e. The quantitative estimate of drug-likeness (QED) is 0.383. The van der Waals surface area contributed by atoms with Crippen LogP contribution in [0.3, 0.4) is 0 Å². The first-order valence-electron chi connectivity index (χ1n) is 8.77. The first kappa shape index (κ1) is 22.1. The number of ether oxygens (including phenoxy) is 1. The lowest BCUT2D eigenvalue weighted by molar-refractivity contribution is -0.114. The van der Waals surface area contributed by atoms with Crippen molar-refractivity contribution < 1.29 is 17.9 Å². The molecule has 11 heteroatoms. The number of para-hydroxylation sites is 2. The highest BCUT2D eigenvalue weighted by molar-refractivity contribution is 8.00. The van der Waals surface area contributed by atoms with Crippen LogP contribution >= 0.6 is 23.1 Å². The smallest absolute Gasteiger partial charge is 0.246 e. The number of nitrogens with one attached hydrogen (secondary N) is 1. The number of carbonyl (C=O) groups is 1. The SMILES string of the molecule is COc1ccccc1N(CC(=O)Nc1nnc(SCc2ccccc2)s1)S(C)(=O)=O. The first-order chi connectivity index (χ1) is 14.4. The van der Waals surface area contributed by atoms with Gasteiger partial charge < -0.3 is 4.74 Å². The predicted molar refractivity (Wildman–Crippen MR) is 120 cm³/mol. The van der Waals surface area contributed by atoms with Crippen molar-refractivity contribution in [2.45, 2.75) is 10.1 Å². The molecule has 0 bridgehead atoms. The van der Waals surface area contributed by atoms with E-state index < -0.39 is 22.5 Å². The maximum absolute atomic E-state index is 12.5. The number of methoxy groups -OCH3 is 1. The van der Waals surface area contributed by atoms with E-state index in [0.717, 1.165) is 21.9 Å². The molecule has 0 unspecified atom stereocenters. The summed E-state index contributed by atoms with van der Waals surface area (Å²) < 4.78 is 31.5. The van der Waals surface area contributed by atoms with Gasteiger partial charge in [0.15, 0.2) is 4.34 Å². The van der Waals surface area contributed by atoms with Crippen molar-refractivity contribution in [3.63, 3.8) is 0 Å². The summed E-state index contributed by atoms with van der Waals surface area (Å²) in [5, 5.41) is 11.0. The Hall–Kier alpha value is -2.63. The number of amides is 1. The lowest BCUT2D eigenvalue weighted by atomic mass is 10.2. The van der Waals surface area contributed by atoms with E-state index in [1.54, 1.807) is 24.3 Å². The Morgan fingerprint density at radius 2 is 1.83 bits per heavy atom. The van der Waals surface area contributed by atoms with Crippen LogP contribution in [0.15, 0.2) is 58.9 Å². The highest BCUT2D eigenvalue weighted by atomic mass is 32.2. The van der Waals surface area contributed by atoms with Gasteiger partial charge in [-0.25, -0.2) is 8.42 Å². The molecule has 0 aliphatic carbocycles. The molecule has 0 atom stereocenters. The molecule has 1 aromatic heterocycles. The van der Waals surface area contributed by atoms with Crippen molar-refractivity contribution in [3.8, 4) is 5.75 Å². The van der Waals surface area contributed by atoms with E-state index >= 15 is 0 Å². The fraction of sp³-hybridized carbons (Fsp3) is 0.211. The molecule has 2 aromatic carbocycles. The topological polar surface area (TPSA) is 101 Å². The number of benzene rings is 2. The second kappa shape index (κ2) is 9.92. The molecule has 0 fully saturated rings. The van der Waals surface area contributed by atoms with E-state index in [1.165, 1.54) is 30.2 Å². The summed E-state index contributed by atoms with van der Waals surface area (Å²) in [6.45, 7) is -0.411. The maximum atomic E-state index is 12.5. The minimum Gasteiger partial charge on any atom is -0.495 e. The fourth-order valence-corrected chi connectivity index (χ4v) is 5.13. The van der Waals surface area contributed by atoms with Crippen molar-refractivity contribution in [2.24, 2.45) is 0 Å². The Morgan fingerprint density at radius 1 is 1.13 bits per heavy atom. The van der Waals surface area contributed by atoms with Crippen LogP contribution in [0.1, 0.15) is 5.56 Å². The van der Waals surface area contributed by atoms with E-state index in [9.17, 15) is 13.2 Å². The van der Waals surface area contributed by atoms with Crippen molar-refractivity contribution in [3.05, 3.63) is 60.2 Å². The van der Waals surface area contributed by atoms with Crippen molar-refractivity contribution in [2.75, 3.05) is 29.5 Å². The van der Waals surface area contributed by atoms with Crippen LogP contribution in [-0.4, -0.2) is 44.4 Å². The molecule has 3 aromatic rings. The Kier molecular flexibility index (Phi) is 7.29. The van der Waals surface area contributed by atoms with E-state index in [0.29, 0.717) is 15.2 Å². The monoisotopic (exact) mass is 464 g/mol. The number of anilines is 2. The van der Waals surface area contributed by atoms with Gasteiger partial charge in [0, 0.05) is 5.75 Å². The molecule has 0 saturated heterocycles. The van der Waals surface area contributed by atoms with E-state index in [2.05, 4.69) is 15.5 Å². The van der Waals surface area contributed by atoms with Crippen molar-refractivity contribution in [1.29, 1.82) is 0 Å². The van der Waals surface area contributed by atoms with Gasteiger partial charge in [-0.05, 0) is 17.7 Å². The van der Waals surface area contributed by atoms with Gasteiger partial charge >= 0.3 is 0 Å². The molecular weight excluding hydrogens is 444 g/mol. The molecule has 1 N–H and O–H groups in total. The minimum atomic E-state index is -3.72. The number of thioether (sulfide) groups is 1. The summed E-state index contributed by atoms with van der Waals surface area (Å²) in [6, 6.07) is 16.5. The normalized spacial score (nSPS) is 11.1. The molecule has 0 aliphatic rings. The molecular formula is C19H20N4O4S3. The van der Waals surface area contributed by atoms with E-state index in [4.69, 9.17) is 4.74 Å². The summed E-state index contributed by atoms with van der Waals surface area (Å²) in [6.07, 6.45) is 1.04. The van der Waals surface area contributed by atoms with Crippen LogP contribution in [-0.2, 0) is 20.6 Å².